The number of aliphatic carboxylic acids is 1. The van der Waals surface area contributed by atoms with Crippen LogP contribution in [0.4, 0.5) is 0 Å². The number of ether oxygens (including phenoxy) is 1. The molecule has 1 aromatic carbocycles. The number of pyridine rings is 1. The normalized spacial score (nSPS) is 12.3. The van der Waals surface area contributed by atoms with Crippen LogP contribution in [-0.2, 0) is 9.53 Å². The minimum atomic E-state index is -1.38. The lowest BCUT2D eigenvalue weighted by atomic mass is 9.96. The van der Waals surface area contributed by atoms with E-state index in [4.69, 9.17) is 20.8 Å². The predicted octanol–water partition coefficient (Wildman–Crippen LogP) is 2.41. The van der Waals surface area contributed by atoms with Gasteiger partial charge in [-0.15, -0.1) is 0 Å². The van der Waals surface area contributed by atoms with Gasteiger partial charge >= 0.3 is 5.97 Å². The molecule has 2 aromatic heterocycles. The minimum absolute atomic E-state index is 0.0322. The van der Waals surface area contributed by atoms with Crippen molar-refractivity contribution in [2.75, 3.05) is 6.61 Å². The highest BCUT2D eigenvalue weighted by Crippen LogP contribution is 2.27. The van der Waals surface area contributed by atoms with Crippen LogP contribution >= 0.6 is 11.6 Å². The highest BCUT2D eigenvalue weighted by atomic mass is 35.5. The van der Waals surface area contributed by atoms with E-state index in [2.05, 4.69) is 4.98 Å². The molecule has 0 bridgehead atoms. The van der Waals surface area contributed by atoms with Gasteiger partial charge in [-0.1, -0.05) is 18.5 Å². The fourth-order valence-electron chi connectivity index (χ4n) is 2.88. The van der Waals surface area contributed by atoms with Crippen molar-refractivity contribution in [3.8, 4) is 0 Å². The molecule has 27 heavy (non-hydrogen) atoms. The topological polar surface area (TPSA) is 110 Å². The average molecular weight is 389 g/mol. The lowest BCUT2D eigenvalue weighted by Gasteiger charge is -2.18. The van der Waals surface area contributed by atoms with Crippen molar-refractivity contribution in [2.24, 2.45) is 0 Å². The lowest BCUT2D eigenvalue weighted by molar-refractivity contribution is -0.308. The maximum Gasteiger partial charge on any atom is 0.340 e. The molecule has 0 spiro atoms. The second kappa shape index (κ2) is 7.36. The number of hydrogen-bond donors (Lipinski definition) is 0. The summed E-state index contributed by atoms with van der Waals surface area (Å²) < 4.78 is 10.6. The molecule has 0 amide bonds. The molecule has 3 rings (SSSR count). The first-order valence-electron chi connectivity index (χ1n) is 8.32. The molecule has 0 aliphatic rings. The van der Waals surface area contributed by atoms with E-state index in [1.165, 1.54) is 18.2 Å². The van der Waals surface area contributed by atoms with E-state index in [-0.39, 0.29) is 46.4 Å². The highest BCUT2D eigenvalue weighted by Gasteiger charge is 2.24. The van der Waals surface area contributed by atoms with Gasteiger partial charge in [0.2, 0.25) is 11.1 Å². The Kier molecular flexibility index (Phi) is 5.14. The van der Waals surface area contributed by atoms with E-state index in [9.17, 15) is 19.5 Å². The van der Waals surface area contributed by atoms with Gasteiger partial charge in [-0.05, 0) is 37.6 Å². The molecule has 7 nitrogen and oxygen atoms in total. The van der Waals surface area contributed by atoms with E-state index in [1.54, 1.807) is 19.9 Å². The Labute approximate surface area is 158 Å². The highest BCUT2D eigenvalue weighted by molar-refractivity contribution is 6.31. The summed E-state index contributed by atoms with van der Waals surface area (Å²) in [5, 5.41) is 12.1. The molecule has 140 valence electrons. The van der Waals surface area contributed by atoms with Crippen LogP contribution < -0.4 is 10.5 Å². The SMILES string of the molecule is CCOC(=O)c1cc2c(=O)c3cc(Cl)ccc3oc2nc1C(CC)C(=O)[O-]. The van der Waals surface area contributed by atoms with Gasteiger partial charge in [0.15, 0.2) is 0 Å². The molecule has 2 heterocycles. The van der Waals surface area contributed by atoms with Gasteiger partial charge in [-0.3, -0.25) is 4.79 Å². The summed E-state index contributed by atoms with van der Waals surface area (Å²) in [7, 11) is 0. The van der Waals surface area contributed by atoms with Crippen LogP contribution in [0, 0.1) is 0 Å². The smallest absolute Gasteiger partial charge is 0.340 e. The Morgan fingerprint density at radius 3 is 2.63 bits per heavy atom. The molecule has 0 radical (unpaired) electrons. The van der Waals surface area contributed by atoms with Crippen LogP contribution in [0.3, 0.4) is 0 Å². The molecule has 0 aliphatic heterocycles. The second-order valence-electron chi connectivity index (χ2n) is 5.85. The van der Waals surface area contributed by atoms with Gasteiger partial charge < -0.3 is 19.1 Å². The molecule has 1 unspecified atom stereocenters. The third-order valence-electron chi connectivity index (χ3n) is 4.17. The van der Waals surface area contributed by atoms with Crippen LogP contribution in [0.15, 0.2) is 33.5 Å². The van der Waals surface area contributed by atoms with Gasteiger partial charge in [0, 0.05) is 10.9 Å². The summed E-state index contributed by atoms with van der Waals surface area (Å²) in [6, 6.07) is 5.79. The van der Waals surface area contributed by atoms with Gasteiger partial charge in [0.1, 0.15) is 5.58 Å². The number of carboxylic acids is 1. The molecule has 0 fully saturated rings. The first-order valence-corrected chi connectivity index (χ1v) is 8.70. The van der Waals surface area contributed by atoms with Crippen LogP contribution in [-0.4, -0.2) is 23.5 Å². The molecular formula is C19H15ClNO6-. The fraction of sp³-hybridized carbons (Fsp3) is 0.263. The number of nitrogens with zero attached hydrogens (tertiary/aromatic N) is 1. The van der Waals surface area contributed by atoms with Crippen LogP contribution in [0.5, 0.6) is 0 Å². The number of aromatic nitrogens is 1. The second-order valence-corrected chi connectivity index (χ2v) is 6.28. The number of benzene rings is 1. The van der Waals surface area contributed by atoms with Crippen LogP contribution in [0.2, 0.25) is 5.02 Å². The third kappa shape index (κ3) is 3.38. The molecule has 3 aromatic rings. The van der Waals surface area contributed by atoms with Crippen molar-refractivity contribution in [2.45, 2.75) is 26.2 Å². The molecular weight excluding hydrogens is 374 g/mol. The van der Waals surface area contributed by atoms with Crippen molar-refractivity contribution in [1.29, 1.82) is 0 Å². The number of hydrogen-bond acceptors (Lipinski definition) is 7. The number of carboxylic acid groups (broad SMARTS) is 1. The molecule has 0 saturated heterocycles. The zero-order valence-electron chi connectivity index (χ0n) is 14.6. The zero-order valence-corrected chi connectivity index (χ0v) is 15.3. The summed E-state index contributed by atoms with van der Waals surface area (Å²) in [5.74, 6) is -3.31. The van der Waals surface area contributed by atoms with E-state index < -0.39 is 23.3 Å². The minimum Gasteiger partial charge on any atom is -0.549 e. The maximum absolute atomic E-state index is 12.8. The van der Waals surface area contributed by atoms with E-state index in [0.29, 0.717) is 5.02 Å². The average Bonchev–Trinajstić information content (AvgIpc) is 2.62. The number of fused-ring (bicyclic) bond motifs is 2. The number of carbonyl (C=O) groups is 2. The quantitative estimate of drug-likeness (QED) is 0.487. The Bertz CT molecular complexity index is 1120. The molecule has 0 saturated carbocycles. The largest absolute Gasteiger partial charge is 0.549 e. The summed E-state index contributed by atoms with van der Waals surface area (Å²) in [6.07, 6.45) is 0.140. The molecule has 8 heteroatoms. The summed E-state index contributed by atoms with van der Waals surface area (Å²) in [5.41, 5.74) is -0.410. The van der Waals surface area contributed by atoms with Crippen molar-refractivity contribution in [3.05, 3.63) is 50.8 Å². The van der Waals surface area contributed by atoms with E-state index >= 15 is 0 Å². The third-order valence-corrected chi connectivity index (χ3v) is 4.41. The Morgan fingerprint density at radius 2 is 2.00 bits per heavy atom. The first-order chi connectivity index (χ1) is 12.9. The van der Waals surface area contributed by atoms with Crippen LogP contribution in [0.25, 0.3) is 22.1 Å². The van der Waals surface area contributed by atoms with Gasteiger partial charge in [0.05, 0.1) is 34.6 Å². The predicted molar refractivity (Wildman–Crippen MR) is 96.8 cm³/mol. The van der Waals surface area contributed by atoms with Crippen LogP contribution in [0.1, 0.15) is 42.2 Å². The van der Waals surface area contributed by atoms with Crippen molar-refractivity contribution < 1.29 is 23.8 Å². The van der Waals surface area contributed by atoms with E-state index in [1.807, 2.05) is 0 Å². The van der Waals surface area contributed by atoms with Crippen molar-refractivity contribution in [3.63, 3.8) is 0 Å². The van der Waals surface area contributed by atoms with Gasteiger partial charge in [-0.25, -0.2) is 9.78 Å². The zero-order chi connectivity index (χ0) is 19.7. The maximum atomic E-state index is 12.8. The van der Waals surface area contributed by atoms with E-state index in [0.717, 1.165) is 0 Å². The monoisotopic (exact) mass is 388 g/mol. The number of rotatable bonds is 5. The lowest BCUT2D eigenvalue weighted by Crippen LogP contribution is -2.31. The Hall–Kier alpha value is -2.93. The molecule has 0 N–H and O–H groups in total. The van der Waals surface area contributed by atoms with Crippen molar-refractivity contribution >= 4 is 45.6 Å². The van der Waals surface area contributed by atoms with Gasteiger partial charge in [0.25, 0.3) is 0 Å². The number of carbonyl (C=O) groups excluding carboxylic acids is 2. The first kappa shape index (κ1) is 18.8. The Morgan fingerprint density at radius 1 is 1.26 bits per heavy atom. The summed E-state index contributed by atoms with van der Waals surface area (Å²) >= 11 is 5.94. The summed E-state index contributed by atoms with van der Waals surface area (Å²) in [6.45, 7) is 3.33. The standard InChI is InChI=1S/C19H16ClNO6/c1-3-10(18(23)24)15-12(19(25)26-4-2)8-13-16(22)11-7-9(20)5-6-14(11)27-17(13)21-15/h5-8,10H,3-4H2,1-2H3,(H,23,24)/p-1. The van der Waals surface area contributed by atoms with Crippen molar-refractivity contribution in [1.82, 2.24) is 4.98 Å². The Balaban J connectivity index is 2.39. The molecule has 0 aliphatic carbocycles. The fourth-order valence-corrected chi connectivity index (χ4v) is 3.05. The summed E-state index contributed by atoms with van der Waals surface area (Å²) in [4.78, 5) is 40.9. The van der Waals surface area contributed by atoms with Gasteiger partial charge in [-0.2, -0.15) is 0 Å². The number of esters is 1. The number of halogens is 1. The molecule has 1 atom stereocenters.